The molecular weight excluding hydrogens is 234 g/mol. The monoisotopic (exact) mass is 249 g/mol. The average Bonchev–Trinajstić information content (AvgIpc) is 2.82. The van der Waals surface area contributed by atoms with Gasteiger partial charge in [0.15, 0.2) is 0 Å². The summed E-state index contributed by atoms with van der Waals surface area (Å²) in [4.78, 5) is 4.05. The fourth-order valence-electron chi connectivity index (χ4n) is 1.83. The maximum atomic E-state index is 6.26. The van der Waals surface area contributed by atoms with E-state index in [9.17, 15) is 0 Å². The number of halogens is 1. The molecule has 1 atom stereocenters. The van der Waals surface area contributed by atoms with E-state index < -0.39 is 0 Å². The third-order valence-electron chi connectivity index (χ3n) is 2.84. The highest BCUT2D eigenvalue weighted by atomic mass is 35.5. The second kappa shape index (κ2) is 5.34. The molecule has 2 rings (SSSR count). The summed E-state index contributed by atoms with van der Waals surface area (Å²) < 4.78 is 1.93. The molecule has 2 N–H and O–H groups in total. The quantitative estimate of drug-likeness (QED) is 0.906. The Hall–Kier alpha value is -1.32. The summed E-state index contributed by atoms with van der Waals surface area (Å²) in [6, 6.07) is 6.07. The maximum Gasteiger partial charge on any atom is 0.0992 e. The van der Waals surface area contributed by atoms with Crippen molar-refractivity contribution in [2.75, 3.05) is 0 Å². The molecule has 0 fully saturated rings. The summed E-state index contributed by atoms with van der Waals surface area (Å²) >= 11 is 6.26. The zero-order valence-electron chi connectivity index (χ0n) is 9.81. The van der Waals surface area contributed by atoms with Crippen molar-refractivity contribution in [1.29, 1.82) is 0 Å². The van der Waals surface area contributed by atoms with E-state index in [2.05, 4.69) is 18.0 Å². The third-order valence-corrected chi connectivity index (χ3v) is 3.14. The van der Waals surface area contributed by atoms with Gasteiger partial charge in [-0.25, -0.2) is 4.98 Å². The van der Waals surface area contributed by atoms with E-state index in [1.807, 2.05) is 22.9 Å². The van der Waals surface area contributed by atoms with Crippen molar-refractivity contribution in [1.82, 2.24) is 9.55 Å². The predicted molar refractivity (Wildman–Crippen MR) is 70.5 cm³/mol. The lowest BCUT2D eigenvalue weighted by atomic mass is 10.0. The first-order chi connectivity index (χ1) is 8.22. The van der Waals surface area contributed by atoms with E-state index >= 15 is 0 Å². The number of nitrogens with two attached hydrogens (primary N) is 1. The van der Waals surface area contributed by atoms with Crippen molar-refractivity contribution in [3.05, 3.63) is 47.5 Å². The molecule has 4 heteroatoms. The maximum absolute atomic E-state index is 6.26. The van der Waals surface area contributed by atoms with Gasteiger partial charge in [0, 0.05) is 18.4 Å². The van der Waals surface area contributed by atoms with Crippen molar-refractivity contribution in [2.24, 2.45) is 5.73 Å². The zero-order chi connectivity index (χ0) is 12.3. The molecule has 0 saturated heterocycles. The molecule has 0 bridgehead atoms. The van der Waals surface area contributed by atoms with Crippen molar-refractivity contribution in [3.63, 3.8) is 0 Å². The van der Waals surface area contributed by atoms with Crippen LogP contribution in [-0.2, 0) is 6.42 Å². The van der Waals surface area contributed by atoms with Crippen LogP contribution in [0.3, 0.4) is 0 Å². The molecule has 0 saturated carbocycles. The number of rotatable bonds is 4. The molecule has 0 amide bonds. The minimum absolute atomic E-state index is 0.163. The van der Waals surface area contributed by atoms with Gasteiger partial charge in [-0.2, -0.15) is 0 Å². The Labute approximate surface area is 106 Å². The number of para-hydroxylation sites is 1. The second-order valence-electron chi connectivity index (χ2n) is 4.09. The van der Waals surface area contributed by atoms with Gasteiger partial charge < -0.3 is 10.3 Å². The molecule has 17 heavy (non-hydrogen) atoms. The predicted octanol–water partition coefficient (Wildman–Crippen LogP) is 2.81. The normalized spacial score (nSPS) is 12.6. The largest absolute Gasteiger partial charge is 0.327 e. The second-order valence-corrected chi connectivity index (χ2v) is 4.50. The SMILES string of the molecule is CCC(N)Cc1cccc(Cl)c1-n1ccnc1. The van der Waals surface area contributed by atoms with Crippen LogP contribution in [-0.4, -0.2) is 15.6 Å². The van der Waals surface area contributed by atoms with E-state index in [1.165, 1.54) is 0 Å². The Bertz CT molecular complexity index is 479. The molecular formula is C13H16ClN3. The lowest BCUT2D eigenvalue weighted by molar-refractivity contribution is 0.644. The lowest BCUT2D eigenvalue weighted by Gasteiger charge is -2.15. The molecule has 0 aliphatic carbocycles. The van der Waals surface area contributed by atoms with Crippen molar-refractivity contribution < 1.29 is 0 Å². The Morgan fingerprint density at radius 2 is 2.29 bits per heavy atom. The molecule has 2 aromatic rings. The molecule has 0 radical (unpaired) electrons. The molecule has 0 aliphatic heterocycles. The highest BCUT2D eigenvalue weighted by Crippen LogP contribution is 2.25. The van der Waals surface area contributed by atoms with Gasteiger partial charge in [-0.1, -0.05) is 30.7 Å². The smallest absolute Gasteiger partial charge is 0.0992 e. The molecule has 90 valence electrons. The summed E-state index contributed by atoms with van der Waals surface area (Å²) in [6.07, 6.45) is 7.16. The summed E-state index contributed by atoms with van der Waals surface area (Å²) in [5.74, 6) is 0. The summed E-state index contributed by atoms with van der Waals surface area (Å²) in [6.45, 7) is 2.09. The van der Waals surface area contributed by atoms with Crippen LogP contribution in [0.25, 0.3) is 5.69 Å². The Morgan fingerprint density at radius 1 is 1.47 bits per heavy atom. The molecule has 1 aromatic heterocycles. The fraction of sp³-hybridized carbons (Fsp3) is 0.308. The standard InChI is InChI=1S/C13H16ClN3/c1-2-11(15)8-10-4-3-5-12(14)13(10)17-7-6-16-9-17/h3-7,9,11H,2,8,15H2,1H3. The third kappa shape index (κ3) is 2.68. The topological polar surface area (TPSA) is 43.8 Å². The zero-order valence-corrected chi connectivity index (χ0v) is 10.6. The minimum Gasteiger partial charge on any atom is -0.327 e. The van der Waals surface area contributed by atoms with Gasteiger partial charge in [-0.15, -0.1) is 0 Å². The van der Waals surface area contributed by atoms with Crippen molar-refractivity contribution in [3.8, 4) is 5.69 Å². The summed E-state index contributed by atoms with van der Waals surface area (Å²) in [5, 5.41) is 0.726. The lowest BCUT2D eigenvalue weighted by Crippen LogP contribution is -2.22. The molecule has 3 nitrogen and oxygen atoms in total. The van der Waals surface area contributed by atoms with Crippen LogP contribution < -0.4 is 5.73 Å². The van der Waals surface area contributed by atoms with Gasteiger partial charge in [0.1, 0.15) is 0 Å². The van der Waals surface area contributed by atoms with Crippen LogP contribution in [0.5, 0.6) is 0 Å². The summed E-state index contributed by atoms with van der Waals surface area (Å²) in [7, 11) is 0. The van der Waals surface area contributed by atoms with Crippen LogP contribution in [0.2, 0.25) is 5.02 Å². The van der Waals surface area contributed by atoms with E-state index in [0.29, 0.717) is 0 Å². The van der Waals surface area contributed by atoms with Gasteiger partial charge in [-0.3, -0.25) is 0 Å². The minimum atomic E-state index is 0.163. The van der Waals surface area contributed by atoms with Crippen LogP contribution in [0, 0.1) is 0 Å². The van der Waals surface area contributed by atoms with Gasteiger partial charge >= 0.3 is 0 Å². The van der Waals surface area contributed by atoms with E-state index in [4.69, 9.17) is 17.3 Å². The van der Waals surface area contributed by atoms with Crippen LogP contribution in [0.4, 0.5) is 0 Å². The Morgan fingerprint density at radius 3 is 2.94 bits per heavy atom. The van der Waals surface area contributed by atoms with E-state index in [0.717, 1.165) is 29.1 Å². The van der Waals surface area contributed by atoms with E-state index in [-0.39, 0.29) is 6.04 Å². The fourth-order valence-corrected chi connectivity index (χ4v) is 2.12. The number of aromatic nitrogens is 2. The highest BCUT2D eigenvalue weighted by Gasteiger charge is 2.11. The number of hydrogen-bond donors (Lipinski definition) is 1. The number of imidazole rings is 1. The van der Waals surface area contributed by atoms with E-state index in [1.54, 1.807) is 12.5 Å². The number of benzene rings is 1. The number of nitrogens with zero attached hydrogens (tertiary/aromatic N) is 2. The first-order valence-electron chi connectivity index (χ1n) is 5.73. The van der Waals surface area contributed by atoms with Crippen LogP contribution in [0.1, 0.15) is 18.9 Å². The highest BCUT2D eigenvalue weighted by molar-refractivity contribution is 6.32. The van der Waals surface area contributed by atoms with Gasteiger partial charge in [0.05, 0.1) is 17.0 Å². The average molecular weight is 250 g/mol. The number of hydrogen-bond acceptors (Lipinski definition) is 2. The van der Waals surface area contributed by atoms with Crippen LogP contribution in [0.15, 0.2) is 36.9 Å². The van der Waals surface area contributed by atoms with Gasteiger partial charge in [0.2, 0.25) is 0 Å². The molecule has 1 aromatic carbocycles. The molecule has 0 aliphatic rings. The van der Waals surface area contributed by atoms with Crippen molar-refractivity contribution in [2.45, 2.75) is 25.8 Å². The summed E-state index contributed by atoms with van der Waals surface area (Å²) in [5.41, 5.74) is 8.15. The van der Waals surface area contributed by atoms with Crippen LogP contribution >= 0.6 is 11.6 Å². The van der Waals surface area contributed by atoms with Gasteiger partial charge in [0.25, 0.3) is 0 Å². The Balaban J connectivity index is 2.42. The Kier molecular flexibility index (Phi) is 3.82. The molecule has 1 heterocycles. The first-order valence-corrected chi connectivity index (χ1v) is 6.11. The van der Waals surface area contributed by atoms with Crippen molar-refractivity contribution >= 4 is 11.6 Å². The molecule has 1 unspecified atom stereocenters. The first kappa shape index (κ1) is 12.1. The molecule has 0 spiro atoms. The van der Waals surface area contributed by atoms with Gasteiger partial charge in [-0.05, 0) is 24.5 Å².